The predicted octanol–water partition coefficient (Wildman–Crippen LogP) is 5.18. The van der Waals surface area contributed by atoms with Crippen LogP contribution in [-0.4, -0.2) is 33.3 Å². The van der Waals surface area contributed by atoms with Gasteiger partial charge in [0.2, 0.25) is 0 Å². The lowest BCUT2D eigenvalue weighted by Crippen LogP contribution is -2.16. The number of nitrogens with zero attached hydrogens (tertiary/aromatic N) is 1. The fraction of sp³-hybridized carbons (Fsp3) is 0.238. The lowest BCUT2D eigenvalue weighted by atomic mass is 9.94. The highest BCUT2D eigenvalue weighted by molar-refractivity contribution is 6.33. The Balaban J connectivity index is 2.20. The molecule has 0 aliphatic carbocycles. The first kappa shape index (κ1) is 21.6. The summed E-state index contributed by atoms with van der Waals surface area (Å²) < 4.78 is 30.3. The molecule has 3 rings (SSSR count). The number of aromatic hydroxyl groups is 1. The second-order valence-corrected chi connectivity index (χ2v) is 7.07. The molecule has 0 radical (unpaired) electrons. The van der Waals surface area contributed by atoms with Crippen LogP contribution < -0.4 is 4.74 Å². The molecule has 0 saturated carbocycles. The highest BCUT2D eigenvalue weighted by atomic mass is 35.5. The quantitative estimate of drug-likeness (QED) is 0.555. The molecular formula is C21H18ClF2NO5. The van der Waals surface area contributed by atoms with E-state index in [0.717, 1.165) is 0 Å². The topological polar surface area (TPSA) is 88.8 Å². The smallest absolute Gasteiger partial charge is 0.387 e. The van der Waals surface area contributed by atoms with E-state index < -0.39 is 24.4 Å². The number of halogens is 3. The molecule has 1 heterocycles. The van der Waals surface area contributed by atoms with Crippen molar-refractivity contribution >= 4 is 34.4 Å². The van der Waals surface area contributed by atoms with E-state index in [2.05, 4.69) is 4.74 Å². The summed E-state index contributed by atoms with van der Waals surface area (Å²) in [4.78, 5) is 25.0. The fourth-order valence-corrected chi connectivity index (χ4v) is 3.72. The molecule has 158 valence electrons. The zero-order chi connectivity index (χ0) is 22.2. The number of fused-ring (bicyclic) bond motifs is 1. The van der Waals surface area contributed by atoms with Gasteiger partial charge in [-0.15, -0.1) is 0 Å². The van der Waals surface area contributed by atoms with Gasteiger partial charge in [-0.3, -0.25) is 14.2 Å². The Hall–Kier alpha value is -3.13. The molecule has 0 fully saturated rings. The summed E-state index contributed by atoms with van der Waals surface area (Å²) in [5.41, 5.74) is 1.30. The van der Waals surface area contributed by atoms with Crippen molar-refractivity contribution in [2.45, 2.75) is 32.8 Å². The molecule has 0 aliphatic heterocycles. The van der Waals surface area contributed by atoms with Crippen molar-refractivity contribution in [1.29, 1.82) is 0 Å². The van der Waals surface area contributed by atoms with Gasteiger partial charge in [-0.2, -0.15) is 8.78 Å². The normalized spacial score (nSPS) is 12.3. The van der Waals surface area contributed by atoms with E-state index in [9.17, 15) is 28.6 Å². The Morgan fingerprint density at radius 3 is 2.37 bits per heavy atom. The minimum Gasteiger partial charge on any atom is -0.506 e. The summed E-state index contributed by atoms with van der Waals surface area (Å²) in [6.45, 7) is 0.334. The fourth-order valence-electron chi connectivity index (χ4n) is 3.56. The number of carboxylic acid groups (broad SMARTS) is 1. The highest BCUT2D eigenvalue weighted by Gasteiger charge is 2.29. The molecule has 6 nitrogen and oxygen atoms in total. The molecule has 1 aromatic heterocycles. The van der Waals surface area contributed by atoms with E-state index in [1.54, 1.807) is 13.8 Å². The minimum atomic E-state index is -2.98. The van der Waals surface area contributed by atoms with E-state index in [-0.39, 0.29) is 28.5 Å². The maximum absolute atomic E-state index is 13.2. The van der Waals surface area contributed by atoms with Crippen molar-refractivity contribution in [1.82, 2.24) is 4.57 Å². The van der Waals surface area contributed by atoms with Gasteiger partial charge in [-0.1, -0.05) is 18.5 Å². The number of aromatic nitrogens is 1. The standard InChI is InChI=1S/C21H18ClF2NO5/c1-3-13(20(28)29)18-10(2)25(16-9-15(22)17(26)8-14(16)18)19(27)11-4-6-12(7-5-11)30-21(23)24/h4-9,13,21,26H,3H2,1-2H3,(H,28,29). The monoisotopic (exact) mass is 437 g/mol. The lowest BCUT2D eigenvalue weighted by Gasteiger charge is -2.12. The van der Waals surface area contributed by atoms with Gasteiger partial charge in [0.05, 0.1) is 16.5 Å². The summed E-state index contributed by atoms with van der Waals surface area (Å²) in [7, 11) is 0. The number of carbonyl (C=O) groups is 2. The average Bonchev–Trinajstić information content (AvgIpc) is 2.94. The van der Waals surface area contributed by atoms with E-state index in [4.69, 9.17) is 11.6 Å². The Labute approximate surface area is 175 Å². The first-order valence-corrected chi connectivity index (χ1v) is 9.39. The van der Waals surface area contributed by atoms with Gasteiger partial charge >= 0.3 is 12.6 Å². The predicted molar refractivity (Wildman–Crippen MR) is 107 cm³/mol. The van der Waals surface area contributed by atoms with E-state index in [1.807, 2.05) is 0 Å². The molecular weight excluding hydrogens is 420 g/mol. The Morgan fingerprint density at radius 1 is 1.20 bits per heavy atom. The molecule has 0 bridgehead atoms. The molecule has 0 saturated heterocycles. The summed E-state index contributed by atoms with van der Waals surface area (Å²) in [6, 6.07) is 7.89. The van der Waals surface area contributed by atoms with Gasteiger partial charge in [-0.05, 0) is 55.3 Å². The van der Waals surface area contributed by atoms with Gasteiger partial charge in [0.25, 0.3) is 5.91 Å². The third-order valence-electron chi connectivity index (χ3n) is 4.91. The number of benzene rings is 2. The van der Waals surface area contributed by atoms with Crippen LogP contribution in [0.3, 0.4) is 0 Å². The molecule has 0 aliphatic rings. The number of aliphatic carboxylic acids is 1. The Kier molecular flexibility index (Phi) is 5.98. The maximum atomic E-state index is 13.2. The van der Waals surface area contributed by atoms with E-state index >= 15 is 0 Å². The summed E-state index contributed by atoms with van der Waals surface area (Å²) >= 11 is 6.04. The zero-order valence-electron chi connectivity index (χ0n) is 16.0. The van der Waals surface area contributed by atoms with Gasteiger partial charge in [0.15, 0.2) is 0 Å². The largest absolute Gasteiger partial charge is 0.506 e. The van der Waals surface area contributed by atoms with Crippen LogP contribution in [-0.2, 0) is 4.79 Å². The van der Waals surface area contributed by atoms with E-state index in [0.29, 0.717) is 22.2 Å². The molecule has 2 N–H and O–H groups in total. The second kappa shape index (κ2) is 8.31. The average molecular weight is 438 g/mol. The number of alkyl halides is 2. The van der Waals surface area contributed by atoms with Gasteiger partial charge < -0.3 is 14.9 Å². The van der Waals surface area contributed by atoms with Crippen LogP contribution in [0.25, 0.3) is 10.9 Å². The number of carbonyl (C=O) groups excluding carboxylic acids is 1. The molecule has 9 heteroatoms. The molecule has 1 unspecified atom stereocenters. The van der Waals surface area contributed by atoms with Crippen molar-refractivity contribution in [3.63, 3.8) is 0 Å². The summed E-state index contributed by atoms with van der Waals surface area (Å²) in [5.74, 6) is -2.79. The minimum absolute atomic E-state index is 0.00431. The van der Waals surface area contributed by atoms with Gasteiger partial charge in [0.1, 0.15) is 11.5 Å². The number of rotatable bonds is 6. The SMILES string of the molecule is CCC(C(=O)O)c1c(C)n(C(=O)c2ccc(OC(F)F)cc2)c2cc(Cl)c(O)cc12. The molecule has 30 heavy (non-hydrogen) atoms. The lowest BCUT2D eigenvalue weighted by molar-refractivity contribution is -0.138. The third-order valence-corrected chi connectivity index (χ3v) is 5.21. The van der Waals surface area contributed by atoms with Crippen molar-refractivity contribution < 1.29 is 33.3 Å². The van der Waals surface area contributed by atoms with Gasteiger partial charge in [0, 0.05) is 16.6 Å². The molecule has 3 aromatic rings. The third kappa shape index (κ3) is 3.82. The maximum Gasteiger partial charge on any atom is 0.387 e. The first-order chi connectivity index (χ1) is 14.1. The number of phenolic OH excluding ortho intramolecular Hbond substituents is 1. The second-order valence-electron chi connectivity index (χ2n) is 6.66. The molecule has 0 spiro atoms. The van der Waals surface area contributed by atoms with Crippen molar-refractivity contribution in [2.24, 2.45) is 0 Å². The van der Waals surface area contributed by atoms with Crippen LogP contribution in [0.15, 0.2) is 36.4 Å². The van der Waals surface area contributed by atoms with Crippen LogP contribution in [0.2, 0.25) is 5.02 Å². The van der Waals surface area contributed by atoms with Crippen molar-refractivity contribution in [2.75, 3.05) is 0 Å². The molecule has 1 atom stereocenters. The van der Waals surface area contributed by atoms with Crippen molar-refractivity contribution in [3.8, 4) is 11.5 Å². The summed E-state index contributed by atoms with van der Waals surface area (Å²) in [6.07, 6.45) is 0.270. The first-order valence-electron chi connectivity index (χ1n) is 9.01. The number of hydrogen-bond acceptors (Lipinski definition) is 4. The molecule has 0 amide bonds. The summed E-state index contributed by atoms with van der Waals surface area (Å²) in [5, 5.41) is 20.1. The zero-order valence-corrected chi connectivity index (χ0v) is 16.8. The number of hydrogen-bond donors (Lipinski definition) is 2. The van der Waals surface area contributed by atoms with Crippen molar-refractivity contribution in [3.05, 3.63) is 58.2 Å². The van der Waals surface area contributed by atoms with E-state index in [1.165, 1.54) is 41.0 Å². The van der Waals surface area contributed by atoms with Crippen LogP contribution in [0, 0.1) is 6.92 Å². The number of phenols is 1. The van der Waals surface area contributed by atoms with Gasteiger partial charge in [-0.25, -0.2) is 0 Å². The van der Waals surface area contributed by atoms with Crippen LogP contribution in [0.1, 0.15) is 40.9 Å². The van der Waals surface area contributed by atoms with Crippen LogP contribution in [0.4, 0.5) is 8.78 Å². The number of carboxylic acids is 1. The van der Waals surface area contributed by atoms with Crippen LogP contribution in [0.5, 0.6) is 11.5 Å². The number of ether oxygens (including phenoxy) is 1. The Morgan fingerprint density at radius 2 is 1.83 bits per heavy atom. The Bertz CT molecular complexity index is 1120. The van der Waals surface area contributed by atoms with Crippen LogP contribution >= 0.6 is 11.6 Å². The highest BCUT2D eigenvalue weighted by Crippen LogP contribution is 2.39. The molecule has 2 aromatic carbocycles.